The first-order chi connectivity index (χ1) is 7.85. The van der Waals surface area contributed by atoms with E-state index in [-0.39, 0.29) is 0 Å². The molecule has 0 amide bonds. The summed E-state index contributed by atoms with van der Waals surface area (Å²) in [5.41, 5.74) is 0.772. The van der Waals surface area contributed by atoms with E-state index in [0.29, 0.717) is 6.04 Å². The van der Waals surface area contributed by atoms with Crippen LogP contribution in [-0.4, -0.2) is 36.1 Å². The Hall–Kier alpha value is -0.890. The molecule has 0 bridgehead atoms. The van der Waals surface area contributed by atoms with Gasteiger partial charge in [-0.05, 0) is 12.3 Å². The zero-order valence-electron chi connectivity index (χ0n) is 9.57. The molecule has 1 saturated heterocycles. The summed E-state index contributed by atoms with van der Waals surface area (Å²) < 4.78 is 0. The van der Waals surface area contributed by atoms with E-state index < -0.39 is 0 Å². The van der Waals surface area contributed by atoms with Crippen LogP contribution in [0.2, 0.25) is 0 Å². The lowest BCUT2D eigenvalue weighted by Gasteiger charge is -2.33. The molecule has 1 atom stereocenters. The minimum atomic E-state index is 0.439. The van der Waals surface area contributed by atoms with E-state index >= 15 is 0 Å². The van der Waals surface area contributed by atoms with Gasteiger partial charge in [-0.25, -0.2) is 4.98 Å². The highest BCUT2D eigenvalue weighted by Gasteiger charge is 2.22. The molecule has 0 aromatic carbocycles. The van der Waals surface area contributed by atoms with E-state index in [1.807, 2.05) is 5.38 Å². The average molecular weight is 235 g/mol. The van der Waals surface area contributed by atoms with E-state index in [4.69, 9.17) is 6.42 Å². The average Bonchev–Trinajstić information content (AvgIpc) is 2.80. The van der Waals surface area contributed by atoms with Gasteiger partial charge in [-0.2, -0.15) is 0 Å². The molecule has 1 aliphatic rings. The lowest BCUT2D eigenvalue weighted by atomic mass is 10.2. The Bertz CT molecular complexity index is 374. The lowest BCUT2D eigenvalue weighted by Crippen LogP contribution is -2.45. The van der Waals surface area contributed by atoms with Gasteiger partial charge < -0.3 is 5.32 Å². The summed E-state index contributed by atoms with van der Waals surface area (Å²) in [6.07, 6.45) is 6.45. The van der Waals surface area contributed by atoms with Crippen LogP contribution >= 0.6 is 11.3 Å². The molecule has 2 heterocycles. The molecule has 0 spiro atoms. The van der Waals surface area contributed by atoms with Crippen molar-refractivity contribution in [3.8, 4) is 12.3 Å². The number of nitrogens with zero attached hydrogens (tertiary/aromatic N) is 2. The maximum atomic E-state index is 5.35. The van der Waals surface area contributed by atoms with Crippen molar-refractivity contribution in [3.63, 3.8) is 0 Å². The quantitative estimate of drug-likeness (QED) is 0.804. The molecule has 0 radical (unpaired) electrons. The van der Waals surface area contributed by atoms with Crippen LogP contribution in [0.4, 0.5) is 0 Å². The van der Waals surface area contributed by atoms with Crippen molar-refractivity contribution in [3.05, 3.63) is 16.1 Å². The molecule has 86 valence electrons. The summed E-state index contributed by atoms with van der Waals surface area (Å²) in [4.78, 5) is 6.99. The van der Waals surface area contributed by atoms with Gasteiger partial charge in [-0.1, -0.05) is 6.92 Å². The maximum absolute atomic E-state index is 5.35. The van der Waals surface area contributed by atoms with Crippen LogP contribution in [0.15, 0.2) is 5.38 Å². The van der Waals surface area contributed by atoms with Crippen LogP contribution in [0, 0.1) is 12.3 Å². The number of hydrogen-bond acceptors (Lipinski definition) is 4. The second kappa shape index (κ2) is 5.44. The van der Waals surface area contributed by atoms with Crippen LogP contribution < -0.4 is 5.32 Å². The number of nitrogens with one attached hydrogen (secondary N) is 1. The second-order valence-corrected chi connectivity index (χ2v) is 4.82. The van der Waals surface area contributed by atoms with Crippen LogP contribution in [-0.2, 0) is 0 Å². The molecule has 2 rings (SSSR count). The van der Waals surface area contributed by atoms with Crippen molar-refractivity contribution in [2.75, 3.05) is 26.2 Å². The molecule has 1 aliphatic heterocycles. The monoisotopic (exact) mass is 235 g/mol. The fraction of sp³-hybridized carbons (Fsp3) is 0.583. The molecule has 1 aromatic heterocycles. The first-order valence-corrected chi connectivity index (χ1v) is 6.60. The Morgan fingerprint density at radius 1 is 1.62 bits per heavy atom. The lowest BCUT2D eigenvalue weighted by molar-refractivity contribution is 0.169. The van der Waals surface area contributed by atoms with Gasteiger partial charge in [0.1, 0.15) is 10.7 Å². The molecule has 1 unspecified atom stereocenters. The minimum Gasteiger partial charge on any atom is -0.314 e. The third-order valence-electron chi connectivity index (χ3n) is 2.93. The Kier molecular flexibility index (Phi) is 3.94. The van der Waals surface area contributed by atoms with Gasteiger partial charge >= 0.3 is 0 Å². The predicted molar refractivity (Wildman–Crippen MR) is 67.5 cm³/mol. The molecule has 1 aromatic rings. The van der Waals surface area contributed by atoms with E-state index in [9.17, 15) is 0 Å². The second-order valence-electron chi connectivity index (χ2n) is 3.93. The molecule has 16 heavy (non-hydrogen) atoms. The third kappa shape index (κ3) is 2.43. The van der Waals surface area contributed by atoms with E-state index in [2.05, 4.69) is 28.0 Å². The summed E-state index contributed by atoms with van der Waals surface area (Å²) in [6.45, 7) is 6.56. The van der Waals surface area contributed by atoms with Crippen molar-refractivity contribution in [2.24, 2.45) is 0 Å². The van der Waals surface area contributed by atoms with Gasteiger partial charge in [0.15, 0.2) is 0 Å². The number of hydrogen-bond donors (Lipinski definition) is 1. The van der Waals surface area contributed by atoms with Crippen molar-refractivity contribution < 1.29 is 0 Å². The van der Waals surface area contributed by atoms with Gasteiger partial charge in [-0.3, -0.25) is 4.90 Å². The van der Waals surface area contributed by atoms with Crippen LogP contribution in [0.3, 0.4) is 0 Å². The fourth-order valence-electron chi connectivity index (χ4n) is 2.09. The van der Waals surface area contributed by atoms with Crippen molar-refractivity contribution >= 4 is 11.3 Å². The van der Waals surface area contributed by atoms with Gasteiger partial charge in [0.2, 0.25) is 0 Å². The Labute approximate surface area is 101 Å². The summed E-state index contributed by atoms with van der Waals surface area (Å²) in [5, 5.41) is 6.51. The van der Waals surface area contributed by atoms with Gasteiger partial charge in [-0.15, -0.1) is 17.8 Å². The van der Waals surface area contributed by atoms with Gasteiger partial charge in [0, 0.05) is 31.6 Å². The standard InChI is InChI=1S/C12H17N3S/c1-3-10-9-16-12(14-10)11(4-2)15-7-5-13-6-8-15/h1,9,11,13H,4-8H2,2H3. The van der Waals surface area contributed by atoms with Crippen molar-refractivity contribution in [2.45, 2.75) is 19.4 Å². The first-order valence-electron chi connectivity index (χ1n) is 5.72. The van der Waals surface area contributed by atoms with Crippen LogP contribution in [0.5, 0.6) is 0 Å². The molecule has 3 nitrogen and oxygen atoms in total. The molecule has 1 N–H and O–H groups in total. The van der Waals surface area contributed by atoms with Gasteiger partial charge in [0.25, 0.3) is 0 Å². The number of aromatic nitrogens is 1. The van der Waals surface area contributed by atoms with Crippen molar-refractivity contribution in [1.29, 1.82) is 0 Å². The highest BCUT2D eigenvalue weighted by Crippen LogP contribution is 2.27. The fourth-order valence-corrected chi connectivity index (χ4v) is 3.07. The summed E-state index contributed by atoms with van der Waals surface area (Å²) in [5.74, 6) is 2.60. The highest BCUT2D eigenvalue weighted by molar-refractivity contribution is 7.09. The van der Waals surface area contributed by atoms with Crippen LogP contribution in [0.25, 0.3) is 0 Å². The normalized spacial score (nSPS) is 19.2. The van der Waals surface area contributed by atoms with Crippen molar-refractivity contribution in [1.82, 2.24) is 15.2 Å². The van der Waals surface area contributed by atoms with E-state index in [1.54, 1.807) is 11.3 Å². The molecule has 4 heteroatoms. The maximum Gasteiger partial charge on any atom is 0.124 e. The molecule has 0 saturated carbocycles. The summed E-state index contributed by atoms with van der Waals surface area (Å²) in [6, 6.07) is 0.439. The zero-order chi connectivity index (χ0) is 11.4. The SMILES string of the molecule is C#Cc1csc(C(CC)N2CCNCC2)n1. The topological polar surface area (TPSA) is 28.2 Å². The molecule has 1 fully saturated rings. The molecule has 0 aliphatic carbocycles. The molecular formula is C12H17N3S. The minimum absolute atomic E-state index is 0.439. The number of thiazole rings is 1. The zero-order valence-corrected chi connectivity index (χ0v) is 10.4. The van der Waals surface area contributed by atoms with E-state index in [1.165, 1.54) is 0 Å². The Morgan fingerprint density at radius 2 is 2.38 bits per heavy atom. The highest BCUT2D eigenvalue weighted by atomic mass is 32.1. The third-order valence-corrected chi connectivity index (χ3v) is 3.88. The summed E-state index contributed by atoms with van der Waals surface area (Å²) in [7, 11) is 0. The molecular weight excluding hydrogens is 218 g/mol. The number of piperazine rings is 1. The number of rotatable bonds is 3. The number of terminal acetylenes is 1. The first kappa shape index (κ1) is 11.6. The Morgan fingerprint density at radius 3 is 2.94 bits per heavy atom. The predicted octanol–water partition coefficient (Wildman–Crippen LogP) is 1.48. The van der Waals surface area contributed by atoms with Gasteiger partial charge in [0.05, 0.1) is 6.04 Å². The van der Waals surface area contributed by atoms with E-state index in [0.717, 1.165) is 43.3 Å². The summed E-state index contributed by atoms with van der Waals surface area (Å²) >= 11 is 1.68. The van der Waals surface area contributed by atoms with Crippen LogP contribution in [0.1, 0.15) is 30.1 Å². The largest absolute Gasteiger partial charge is 0.314 e. The smallest absolute Gasteiger partial charge is 0.124 e. The Balaban J connectivity index is 2.11.